The van der Waals surface area contributed by atoms with Gasteiger partial charge in [0.25, 0.3) is 0 Å². The number of hydrogen-bond acceptors (Lipinski definition) is 5. The second kappa shape index (κ2) is 9.49. The number of benzene rings is 2. The zero-order chi connectivity index (χ0) is 22.5. The molecule has 0 atom stereocenters. The number of carbonyl (C=O) groups excluding carboxylic acids is 1. The van der Waals surface area contributed by atoms with E-state index in [1.54, 1.807) is 7.11 Å². The van der Waals surface area contributed by atoms with Crippen LogP contribution in [0.2, 0.25) is 0 Å². The molecule has 32 heavy (non-hydrogen) atoms. The predicted molar refractivity (Wildman–Crippen MR) is 125 cm³/mol. The van der Waals surface area contributed by atoms with Gasteiger partial charge in [-0.1, -0.05) is 49.0 Å². The first kappa shape index (κ1) is 21.3. The molecule has 162 valence electrons. The lowest BCUT2D eigenvalue weighted by molar-refractivity contribution is -0.351. The van der Waals surface area contributed by atoms with Crippen molar-refractivity contribution in [2.24, 2.45) is 0 Å². The molecule has 4 rings (SSSR count). The Bertz CT molecular complexity index is 1330. The summed E-state index contributed by atoms with van der Waals surface area (Å²) >= 11 is 1.38. The lowest BCUT2D eigenvalue weighted by Crippen LogP contribution is -2.34. The van der Waals surface area contributed by atoms with E-state index in [1.807, 2.05) is 60.0 Å². The molecule has 1 amide bonds. The van der Waals surface area contributed by atoms with Gasteiger partial charge in [-0.2, -0.15) is 0 Å². The van der Waals surface area contributed by atoms with E-state index in [4.69, 9.17) is 4.74 Å². The number of hydrogen-bond donors (Lipinski definition) is 3. The average molecular weight is 448 g/mol. The highest BCUT2D eigenvalue weighted by atomic mass is 32.1. The van der Waals surface area contributed by atoms with Crippen LogP contribution in [0.25, 0.3) is 15.9 Å². The van der Waals surface area contributed by atoms with Crippen LogP contribution in [0.5, 0.6) is 5.75 Å². The first-order valence-electron chi connectivity index (χ1n) is 10.00. The third-order valence-corrected chi connectivity index (χ3v) is 5.94. The molecular weight excluding hydrogens is 424 g/mol. The van der Waals surface area contributed by atoms with Crippen LogP contribution >= 0.6 is 11.3 Å². The van der Waals surface area contributed by atoms with Crippen LogP contribution in [0.3, 0.4) is 0 Å². The Morgan fingerprint density at radius 3 is 2.72 bits per heavy atom. The number of thiophene rings is 1. The molecule has 0 saturated heterocycles. The quantitative estimate of drug-likeness (QED) is 0.387. The number of carbonyl (C=O) groups is 1. The van der Waals surface area contributed by atoms with Crippen molar-refractivity contribution in [2.75, 3.05) is 7.11 Å². The third-order valence-electron chi connectivity index (χ3n) is 5.00. The molecule has 0 aliphatic rings. The Hall–Kier alpha value is -3.91. The van der Waals surface area contributed by atoms with Gasteiger partial charge in [-0.3, -0.25) is 4.79 Å². The molecule has 4 aromatic rings. The molecular formula is C24H23N4O3S+. The molecule has 0 spiro atoms. The Balaban J connectivity index is 1.46. The first-order chi connectivity index (χ1) is 15.5. The van der Waals surface area contributed by atoms with Crippen LogP contribution in [-0.2, 0) is 13.1 Å². The molecule has 2 aromatic carbocycles. The highest BCUT2D eigenvalue weighted by molar-refractivity contribution is 7.16. The number of nitrogens with one attached hydrogen (secondary N) is 4. The molecule has 0 aliphatic carbocycles. The van der Waals surface area contributed by atoms with E-state index < -0.39 is 5.91 Å². The number of fused-ring (bicyclic) bond motifs is 1. The molecule has 2 aromatic heterocycles. The number of aromatic amines is 2. The van der Waals surface area contributed by atoms with E-state index in [2.05, 4.69) is 27.2 Å². The molecule has 0 fully saturated rings. The number of amides is 1. The summed E-state index contributed by atoms with van der Waals surface area (Å²) in [5, 5.41) is 8.51. The molecule has 4 N–H and O–H groups in total. The molecule has 0 aliphatic heterocycles. The Labute approximate surface area is 188 Å². The van der Waals surface area contributed by atoms with Crippen molar-refractivity contribution in [2.45, 2.75) is 13.1 Å². The predicted octanol–water partition coefficient (Wildman–Crippen LogP) is 3.10. The monoisotopic (exact) mass is 447 g/mol. The SMILES string of the molecule is C=C(NCc1csc2[nH+]c(C(=O)NCc3cccc(OC)c3)[nH]c(=O)c12)c1ccccc1. The minimum absolute atomic E-state index is 0.112. The van der Waals surface area contributed by atoms with Crippen LogP contribution in [-0.4, -0.2) is 18.0 Å². The van der Waals surface area contributed by atoms with E-state index in [1.165, 1.54) is 11.3 Å². The Kier molecular flexibility index (Phi) is 6.32. The van der Waals surface area contributed by atoms with Gasteiger partial charge >= 0.3 is 17.3 Å². The summed E-state index contributed by atoms with van der Waals surface area (Å²) in [7, 11) is 1.59. The zero-order valence-electron chi connectivity index (χ0n) is 17.5. The summed E-state index contributed by atoms with van der Waals surface area (Å²) in [5.74, 6) is 0.436. The van der Waals surface area contributed by atoms with Crippen LogP contribution in [0, 0.1) is 0 Å². The van der Waals surface area contributed by atoms with Gasteiger partial charge in [-0.05, 0) is 23.3 Å². The van der Waals surface area contributed by atoms with Gasteiger partial charge < -0.3 is 15.4 Å². The fourth-order valence-electron chi connectivity index (χ4n) is 3.30. The van der Waals surface area contributed by atoms with Gasteiger partial charge in [0.2, 0.25) is 0 Å². The molecule has 0 radical (unpaired) electrons. The van der Waals surface area contributed by atoms with Crippen molar-refractivity contribution in [3.63, 3.8) is 0 Å². The van der Waals surface area contributed by atoms with Crippen molar-refractivity contribution in [1.29, 1.82) is 0 Å². The third kappa shape index (κ3) is 4.70. The van der Waals surface area contributed by atoms with Crippen LogP contribution in [0.1, 0.15) is 27.3 Å². The van der Waals surface area contributed by atoms with Gasteiger partial charge in [0.05, 0.1) is 7.11 Å². The maximum Gasteiger partial charge on any atom is 0.347 e. The fraction of sp³-hybridized carbons (Fsp3) is 0.125. The van der Waals surface area contributed by atoms with Crippen molar-refractivity contribution >= 4 is 33.2 Å². The van der Waals surface area contributed by atoms with E-state index in [-0.39, 0.29) is 11.4 Å². The summed E-state index contributed by atoms with van der Waals surface area (Å²) in [4.78, 5) is 31.7. The minimum Gasteiger partial charge on any atom is -0.497 e. The van der Waals surface area contributed by atoms with Gasteiger partial charge in [0.15, 0.2) is 4.83 Å². The van der Waals surface area contributed by atoms with E-state index in [0.29, 0.717) is 29.1 Å². The summed E-state index contributed by atoms with van der Waals surface area (Å²) in [5.41, 5.74) is 3.18. The molecule has 0 saturated carbocycles. The van der Waals surface area contributed by atoms with E-state index in [0.717, 1.165) is 22.4 Å². The number of ether oxygens (including phenoxy) is 1. The summed E-state index contributed by atoms with van der Waals surface area (Å²) < 4.78 is 5.20. The number of rotatable bonds is 8. The Morgan fingerprint density at radius 1 is 1.12 bits per heavy atom. The lowest BCUT2D eigenvalue weighted by atomic mass is 10.1. The number of H-pyrrole nitrogens is 2. The Morgan fingerprint density at radius 2 is 1.94 bits per heavy atom. The topological polar surface area (TPSA) is 97.4 Å². The fourth-order valence-corrected chi connectivity index (χ4v) is 4.26. The summed E-state index contributed by atoms with van der Waals surface area (Å²) in [6.45, 7) is 4.82. The van der Waals surface area contributed by atoms with Crippen molar-refractivity contribution in [1.82, 2.24) is 15.6 Å². The second-order valence-corrected chi connectivity index (χ2v) is 8.03. The first-order valence-corrected chi connectivity index (χ1v) is 10.9. The second-order valence-electron chi connectivity index (χ2n) is 7.15. The smallest absolute Gasteiger partial charge is 0.347 e. The van der Waals surface area contributed by atoms with Crippen LogP contribution in [0.4, 0.5) is 0 Å². The largest absolute Gasteiger partial charge is 0.497 e. The van der Waals surface area contributed by atoms with Gasteiger partial charge in [0, 0.05) is 29.7 Å². The molecule has 2 heterocycles. The van der Waals surface area contributed by atoms with Crippen molar-refractivity contribution in [3.05, 3.63) is 99.4 Å². The molecule has 7 nitrogen and oxygen atoms in total. The zero-order valence-corrected chi connectivity index (χ0v) is 18.3. The van der Waals surface area contributed by atoms with E-state index >= 15 is 0 Å². The lowest BCUT2D eigenvalue weighted by Gasteiger charge is -2.08. The highest BCUT2D eigenvalue weighted by Gasteiger charge is 2.21. The minimum atomic E-state index is -0.391. The van der Waals surface area contributed by atoms with Crippen LogP contribution in [0.15, 0.2) is 71.4 Å². The van der Waals surface area contributed by atoms with Crippen molar-refractivity contribution < 1.29 is 14.5 Å². The van der Waals surface area contributed by atoms with Crippen molar-refractivity contribution in [3.8, 4) is 5.75 Å². The molecule has 8 heteroatoms. The standard InChI is InChI=1S/C24H22N4O3S/c1-15(17-8-4-3-5-9-17)25-13-18-14-32-24-20(18)22(29)27-21(28-24)23(30)26-12-16-7-6-10-19(11-16)31-2/h3-11,14,25H,1,12-13H2,2H3,(H,26,30)(H,27,28,29)/p+1. The summed E-state index contributed by atoms with van der Waals surface area (Å²) in [6.07, 6.45) is 0. The maximum atomic E-state index is 12.7. The number of methoxy groups -OCH3 is 1. The highest BCUT2D eigenvalue weighted by Crippen LogP contribution is 2.20. The molecule has 0 bridgehead atoms. The summed E-state index contributed by atoms with van der Waals surface area (Å²) in [6, 6.07) is 17.2. The average Bonchev–Trinajstić information content (AvgIpc) is 3.25. The molecule has 0 unspecified atom stereocenters. The van der Waals surface area contributed by atoms with Crippen LogP contribution < -0.4 is 25.9 Å². The van der Waals surface area contributed by atoms with Gasteiger partial charge in [-0.15, -0.1) is 11.3 Å². The number of aromatic nitrogens is 2. The van der Waals surface area contributed by atoms with Gasteiger partial charge in [0.1, 0.15) is 11.1 Å². The maximum absolute atomic E-state index is 12.7. The van der Waals surface area contributed by atoms with E-state index in [9.17, 15) is 9.59 Å². The van der Waals surface area contributed by atoms with Gasteiger partial charge in [-0.25, -0.2) is 14.8 Å². The normalized spacial score (nSPS) is 10.7.